The Kier molecular flexibility index (Phi) is 9.53. The van der Waals surface area contributed by atoms with E-state index in [2.05, 4.69) is 11.0 Å². The highest BCUT2D eigenvalue weighted by Crippen LogP contribution is 2.30. The van der Waals surface area contributed by atoms with Crippen LogP contribution in [0, 0.1) is 0 Å². The lowest BCUT2D eigenvalue weighted by Gasteiger charge is -2.37. The zero-order valence-electron chi connectivity index (χ0n) is 17.7. The van der Waals surface area contributed by atoms with Gasteiger partial charge in [-0.2, -0.15) is 0 Å². The van der Waals surface area contributed by atoms with Crippen molar-refractivity contribution in [2.45, 2.75) is 63.7 Å². The number of hydrogen-bond acceptors (Lipinski definition) is 6. The molecule has 1 aliphatic heterocycles. The van der Waals surface area contributed by atoms with Crippen molar-refractivity contribution in [3.63, 3.8) is 0 Å². The SMILES string of the molecule is COc1ccc(CCO[C@@H]2CCCC[C@H]2N2CC[C@@H](OC(C)=O)C2)cc1OC.Cl. The molecule has 7 heteroatoms. The number of methoxy groups -OCH3 is 2. The molecule has 2 fully saturated rings. The van der Waals surface area contributed by atoms with Gasteiger partial charge in [0.2, 0.25) is 0 Å². The quantitative estimate of drug-likeness (QED) is 0.590. The molecule has 1 aliphatic carbocycles. The van der Waals surface area contributed by atoms with Gasteiger partial charge in [0, 0.05) is 26.1 Å². The van der Waals surface area contributed by atoms with Crippen LogP contribution >= 0.6 is 12.4 Å². The maximum absolute atomic E-state index is 11.2. The van der Waals surface area contributed by atoms with E-state index in [1.807, 2.05) is 12.1 Å². The summed E-state index contributed by atoms with van der Waals surface area (Å²) in [7, 11) is 3.30. The highest BCUT2D eigenvalue weighted by atomic mass is 35.5. The summed E-state index contributed by atoms with van der Waals surface area (Å²) in [5, 5.41) is 0. The topological polar surface area (TPSA) is 57.2 Å². The van der Waals surface area contributed by atoms with Crippen molar-refractivity contribution in [3.05, 3.63) is 23.8 Å². The molecule has 29 heavy (non-hydrogen) atoms. The second kappa shape index (κ2) is 11.6. The van der Waals surface area contributed by atoms with Gasteiger partial charge in [0.15, 0.2) is 11.5 Å². The zero-order valence-corrected chi connectivity index (χ0v) is 18.5. The second-order valence-electron chi connectivity index (χ2n) is 7.72. The number of ether oxygens (including phenoxy) is 4. The molecular weight excluding hydrogens is 394 g/mol. The number of hydrogen-bond donors (Lipinski definition) is 0. The average molecular weight is 428 g/mol. The minimum absolute atomic E-state index is 0. The van der Waals surface area contributed by atoms with Crippen LogP contribution in [0.1, 0.15) is 44.6 Å². The van der Waals surface area contributed by atoms with Crippen molar-refractivity contribution >= 4 is 18.4 Å². The van der Waals surface area contributed by atoms with E-state index in [1.165, 1.54) is 25.3 Å². The van der Waals surface area contributed by atoms with Gasteiger partial charge in [-0.15, -0.1) is 12.4 Å². The first-order valence-corrected chi connectivity index (χ1v) is 10.3. The van der Waals surface area contributed by atoms with Gasteiger partial charge in [-0.25, -0.2) is 0 Å². The highest BCUT2D eigenvalue weighted by molar-refractivity contribution is 5.85. The lowest BCUT2D eigenvalue weighted by Crippen LogP contribution is -2.46. The molecule has 0 amide bonds. The Labute approximate surface area is 180 Å². The summed E-state index contributed by atoms with van der Waals surface area (Å²) in [6.07, 6.45) is 6.79. The molecule has 6 nitrogen and oxygen atoms in total. The molecule has 164 valence electrons. The van der Waals surface area contributed by atoms with E-state index in [9.17, 15) is 4.79 Å². The van der Waals surface area contributed by atoms with Crippen LogP contribution in [0.5, 0.6) is 11.5 Å². The van der Waals surface area contributed by atoms with Crippen LogP contribution in [0.15, 0.2) is 18.2 Å². The predicted molar refractivity (Wildman–Crippen MR) is 114 cm³/mol. The van der Waals surface area contributed by atoms with E-state index < -0.39 is 0 Å². The summed E-state index contributed by atoms with van der Waals surface area (Å²) in [5.74, 6) is 1.32. The summed E-state index contributed by atoms with van der Waals surface area (Å²) >= 11 is 0. The normalized spacial score (nSPS) is 24.6. The Balaban J connectivity index is 0.00000300. The van der Waals surface area contributed by atoms with Crippen molar-refractivity contribution in [2.75, 3.05) is 33.9 Å². The van der Waals surface area contributed by atoms with E-state index >= 15 is 0 Å². The molecular formula is C22H34ClNO5. The van der Waals surface area contributed by atoms with Crippen LogP contribution in [-0.4, -0.2) is 63.0 Å². The van der Waals surface area contributed by atoms with Crippen molar-refractivity contribution in [2.24, 2.45) is 0 Å². The van der Waals surface area contributed by atoms with Crippen LogP contribution in [0.3, 0.4) is 0 Å². The highest BCUT2D eigenvalue weighted by Gasteiger charge is 2.36. The Morgan fingerprint density at radius 3 is 2.59 bits per heavy atom. The molecule has 0 bridgehead atoms. The Morgan fingerprint density at radius 2 is 1.86 bits per heavy atom. The van der Waals surface area contributed by atoms with Gasteiger partial charge in [0.1, 0.15) is 6.10 Å². The van der Waals surface area contributed by atoms with Crippen LogP contribution in [0.4, 0.5) is 0 Å². The fourth-order valence-corrected chi connectivity index (χ4v) is 4.44. The van der Waals surface area contributed by atoms with Crippen LogP contribution in [0.25, 0.3) is 0 Å². The molecule has 0 radical (unpaired) electrons. The Hall–Kier alpha value is -1.50. The van der Waals surface area contributed by atoms with Gasteiger partial charge in [-0.05, 0) is 43.4 Å². The van der Waals surface area contributed by atoms with E-state index in [0.717, 1.165) is 50.3 Å². The Bertz CT molecular complexity index is 656. The van der Waals surface area contributed by atoms with E-state index in [-0.39, 0.29) is 30.6 Å². The number of carbonyl (C=O) groups excluding carboxylic acids is 1. The first-order valence-electron chi connectivity index (χ1n) is 10.3. The van der Waals surface area contributed by atoms with Gasteiger partial charge >= 0.3 is 5.97 Å². The predicted octanol–water partition coefficient (Wildman–Crippen LogP) is 3.63. The molecule has 3 rings (SSSR count). The summed E-state index contributed by atoms with van der Waals surface area (Å²) < 4.78 is 22.4. The Morgan fingerprint density at radius 1 is 1.10 bits per heavy atom. The summed E-state index contributed by atoms with van der Waals surface area (Å²) in [6, 6.07) is 6.45. The monoisotopic (exact) mass is 427 g/mol. The molecule has 1 saturated carbocycles. The molecule has 1 aromatic carbocycles. The number of benzene rings is 1. The molecule has 3 atom stereocenters. The molecule has 0 aromatic heterocycles. The van der Waals surface area contributed by atoms with E-state index in [4.69, 9.17) is 18.9 Å². The molecule has 0 N–H and O–H groups in total. The lowest BCUT2D eigenvalue weighted by atomic mass is 9.91. The van der Waals surface area contributed by atoms with Crippen molar-refractivity contribution in [1.82, 2.24) is 4.90 Å². The molecule has 1 saturated heterocycles. The first kappa shape index (κ1) is 23.8. The van der Waals surface area contributed by atoms with Crippen molar-refractivity contribution in [3.8, 4) is 11.5 Å². The smallest absolute Gasteiger partial charge is 0.302 e. The minimum atomic E-state index is -0.182. The van der Waals surface area contributed by atoms with Gasteiger partial charge in [0.05, 0.1) is 26.9 Å². The van der Waals surface area contributed by atoms with E-state index in [1.54, 1.807) is 14.2 Å². The first-order chi connectivity index (χ1) is 13.6. The van der Waals surface area contributed by atoms with Gasteiger partial charge in [0.25, 0.3) is 0 Å². The van der Waals surface area contributed by atoms with Gasteiger partial charge < -0.3 is 18.9 Å². The second-order valence-corrected chi connectivity index (χ2v) is 7.72. The largest absolute Gasteiger partial charge is 0.493 e. The molecule has 0 spiro atoms. The van der Waals surface area contributed by atoms with Crippen LogP contribution < -0.4 is 9.47 Å². The van der Waals surface area contributed by atoms with Gasteiger partial charge in [-0.1, -0.05) is 18.9 Å². The average Bonchev–Trinajstić information content (AvgIpc) is 3.15. The maximum Gasteiger partial charge on any atom is 0.302 e. The van der Waals surface area contributed by atoms with Crippen LogP contribution in [-0.2, 0) is 20.7 Å². The number of carbonyl (C=O) groups is 1. The summed E-state index contributed by atoms with van der Waals surface area (Å²) in [5.41, 5.74) is 1.18. The molecule has 1 aromatic rings. The van der Waals surface area contributed by atoms with Crippen molar-refractivity contribution < 1.29 is 23.7 Å². The number of nitrogens with zero attached hydrogens (tertiary/aromatic N) is 1. The summed E-state index contributed by atoms with van der Waals surface area (Å²) in [6.45, 7) is 4.00. The minimum Gasteiger partial charge on any atom is -0.493 e. The van der Waals surface area contributed by atoms with E-state index in [0.29, 0.717) is 12.6 Å². The molecule has 2 aliphatic rings. The fourth-order valence-electron chi connectivity index (χ4n) is 4.44. The van der Waals surface area contributed by atoms with Gasteiger partial charge in [-0.3, -0.25) is 9.69 Å². The molecule has 0 unspecified atom stereocenters. The number of halogens is 1. The third-order valence-corrected chi connectivity index (χ3v) is 5.82. The standard InChI is InChI=1S/C22H33NO5.ClH/c1-16(24)28-18-10-12-23(15-18)19-6-4-5-7-20(19)27-13-11-17-8-9-21(25-2)22(14-17)26-3;/h8-9,14,18-20H,4-7,10-13,15H2,1-3H3;1H/t18-,19-,20-;/m1./s1. The summed E-state index contributed by atoms with van der Waals surface area (Å²) in [4.78, 5) is 13.7. The van der Waals surface area contributed by atoms with Crippen molar-refractivity contribution in [1.29, 1.82) is 0 Å². The lowest BCUT2D eigenvalue weighted by molar-refractivity contribution is -0.145. The number of likely N-dealkylation sites (tertiary alicyclic amines) is 1. The van der Waals surface area contributed by atoms with Crippen LogP contribution in [0.2, 0.25) is 0 Å². The third kappa shape index (κ3) is 6.49. The fraction of sp³-hybridized carbons (Fsp3) is 0.682. The number of rotatable bonds is 8. The maximum atomic E-state index is 11.2. The zero-order chi connectivity index (χ0) is 19.9. The molecule has 1 heterocycles. The third-order valence-electron chi connectivity index (χ3n) is 5.82. The number of esters is 1.